The van der Waals surface area contributed by atoms with E-state index in [4.69, 9.17) is 5.73 Å². The molecule has 4 heteroatoms. The molecule has 3 N–H and O–H groups in total. The lowest BCUT2D eigenvalue weighted by atomic mass is 9.98. The molecule has 0 saturated heterocycles. The summed E-state index contributed by atoms with van der Waals surface area (Å²) in [5.74, 6) is 0.833. The summed E-state index contributed by atoms with van der Waals surface area (Å²) < 4.78 is 0. The van der Waals surface area contributed by atoms with Crippen LogP contribution < -0.4 is 11.1 Å². The Hall–Kier alpha value is -1.16. The Morgan fingerprint density at radius 3 is 2.79 bits per heavy atom. The SMILES string of the molecule is NCC1(Nc2cccnn2)CCCC1. The summed E-state index contributed by atoms with van der Waals surface area (Å²) in [6.07, 6.45) is 6.46. The van der Waals surface area contributed by atoms with E-state index in [1.807, 2.05) is 12.1 Å². The zero-order valence-corrected chi connectivity index (χ0v) is 8.24. The molecule has 1 saturated carbocycles. The summed E-state index contributed by atoms with van der Waals surface area (Å²) in [6, 6.07) is 3.82. The second-order valence-corrected chi connectivity index (χ2v) is 3.93. The second kappa shape index (κ2) is 3.92. The molecule has 0 aromatic carbocycles. The van der Waals surface area contributed by atoms with Gasteiger partial charge < -0.3 is 11.1 Å². The van der Waals surface area contributed by atoms with E-state index in [0.717, 1.165) is 18.7 Å². The third-order valence-corrected chi connectivity index (χ3v) is 2.92. The third-order valence-electron chi connectivity index (χ3n) is 2.92. The number of aromatic nitrogens is 2. The van der Waals surface area contributed by atoms with Gasteiger partial charge in [0.25, 0.3) is 0 Å². The first-order valence-electron chi connectivity index (χ1n) is 5.11. The highest BCUT2D eigenvalue weighted by Crippen LogP contribution is 2.31. The van der Waals surface area contributed by atoms with Crippen LogP contribution >= 0.6 is 0 Å². The minimum atomic E-state index is 0.0655. The Morgan fingerprint density at radius 1 is 1.43 bits per heavy atom. The fourth-order valence-electron chi connectivity index (χ4n) is 2.07. The van der Waals surface area contributed by atoms with Crippen molar-refractivity contribution in [3.63, 3.8) is 0 Å². The molecule has 76 valence electrons. The number of anilines is 1. The lowest BCUT2D eigenvalue weighted by Crippen LogP contribution is -2.43. The second-order valence-electron chi connectivity index (χ2n) is 3.93. The van der Waals surface area contributed by atoms with E-state index in [-0.39, 0.29) is 5.54 Å². The Bertz CT molecular complexity index is 279. The summed E-state index contributed by atoms with van der Waals surface area (Å²) >= 11 is 0. The monoisotopic (exact) mass is 192 g/mol. The zero-order valence-electron chi connectivity index (χ0n) is 8.24. The van der Waals surface area contributed by atoms with Crippen LogP contribution in [0.5, 0.6) is 0 Å². The number of nitrogens with one attached hydrogen (secondary N) is 1. The number of hydrogen-bond donors (Lipinski definition) is 2. The normalized spacial score (nSPS) is 19.5. The minimum Gasteiger partial charge on any atom is -0.362 e. The standard InChI is InChI=1S/C10H16N4/c11-8-10(5-1-2-6-10)13-9-4-3-7-12-14-9/h3-4,7H,1-2,5-6,8,11H2,(H,13,14). The average molecular weight is 192 g/mol. The number of rotatable bonds is 3. The average Bonchev–Trinajstić information content (AvgIpc) is 2.69. The van der Waals surface area contributed by atoms with E-state index in [2.05, 4.69) is 15.5 Å². The molecule has 0 unspecified atom stereocenters. The highest BCUT2D eigenvalue weighted by Gasteiger charge is 2.32. The van der Waals surface area contributed by atoms with E-state index in [0.29, 0.717) is 6.54 Å². The van der Waals surface area contributed by atoms with Crippen LogP contribution in [0.25, 0.3) is 0 Å². The molecule has 2 rings (SSSR count). The Labute approximate surface area is 83.9 Å². The molecule has 1 aromatic heterocycles. The molecule has 1 aromatic rings. The van der Waals surface area contributed by atoms with Gasteiger partial charge in [-0.05, 0) is 25.0 Å². The predicted octanol–water partition coefficient (Wildman–Crippen LogP) is 1.16. The molecule has 0 radical (unpaired) electrons. The first kappa shape index (κ1) is 9.40. The van der Waals surface area contributed by atoms with Gasteiger partial charge in [0.2, 0.25) is 0 Å². The zero-order chi connectivity index (χ0) is 9.86. The molecule has 0 aliphatic heterocycles. The van der Waals surface area contributed by atoms with Crippen molar-refractivity contribution >= 4 is 5.82 Å². The summed E-state index contributed by atoms with van der Waals surface area (Å²) in [7, 11) is 0. The molecular weight excluding hydrogens is 176 g/mol. The molecule has 1 heterocycles. The highest BCUT2D eigenvalue weighted by atomic mass is 15.2. The quantitative estimate of drug-likeness (QED) is 0.754. The summed E-state index contributed by atoms with van der Waals surface area (Å²) in [5.41, 5.74) is 5.87. The van der Waals surface area contributed by atoms with E-state index < -0.39 is 0 Å². The van der Waals surface area contributed by atoms with Crippen LogP contribution in [0.2, 0.25) is 0 Å². The van der Waals surface area contributed by atoms with Crippen molar-refractivity contribution in [2.24, 2.45) is 5.73 Å². The van der Waals surface area contributed by atoms with Gasteiger partial charge in [0, 0.05) is 12.7 Å². The van der Waals surface area contributed by atoms with Gasteiger partial charge in [0.05, 0.1) is 5.54 Å². The van der Waals surface area contributed by atoms with E-state index >= 15 is 0 Å². The van der Waals surface area contributed by atoms with Crippen LogP contribution in [0.1, 0.15) is 25.7 Å². The number of hydrogen-bond acceptors (Lipinski definition) is 4. The van der Waals surface area contributed by atoms with Gasteiger partial charge in [0.1, 0.15) is 5.82 Å². The van der Waals surface area contributed by atoms with Gasteiger partial charge in [0.15, 0.2) is 0 Å². The van der Waals surface area contributed by atoms with Gasteiger partial charge in [-0.25, -0.2) is 0 Å². The molecule has 4 nitrogen and oxygen atoms in total. The van der Waals surface area contributed by atoms with Crippen molar-refractivity contribution in [1.82, 2.24) is 10.2 Å². The molecule has 1 aliphatic rings. The summed E-state index contributed by atoms with van der Waals surface area (Å²) in [5, 5.41) is 11.3. The van der Waals surface area contributed by atoms with E-state index in [1.165, 1.54) is 12.8 Å². The van der Waals surface area contributed by atoms with Gasteiger partial charge in [-0.3, -0.25) is 0 Å². The highest BCUT2D eigenvalue weighted by molar-refractivity contribution is 5.36. The third kappa shape index (κ3) is 1.85. The van der Waals surface area contributed by atoms with Gasteiger partial charge >= 0.3 is 0 Å². The van der Waals surface area contributed by atoms with Crippen LogP contribution in [-0.4, -0.2) is 22.3 Å². The van der Waals surface area contributed by atoms with Crippen molar-refractivity contribution in [3.05, 3.63) is 18.3 Å². The first-order chi connectivity index (χ1) is 6.85. The number of nitrogens with two attached hydrogens (primary N) is 1. The van der Waals surface area contributed by atoms with Gasteiger partial charge in [-0.2, -0.15) is 5.10 Å². The summed E-state index contributed by atoms with van der Waals surface area (Å²) in [6.45, 7) is 0.670. The van der Waals surface area contributed by atoms with E-state index in [9.17, 15) is 0 Å². The Balaban J connectivity index is 2.08. The first-order valence-corrected chi connectivity index (χ1v) is 5.11. The van der Waals surface area contributed by atoms with E-state index in [1.54, 1.807) is 6.20 Å². The molecular formula is C10H16N4. The predicted molar refractivity (Wildman–Crippen MR) is 55.9 cm³/mol. The molecule has 0 spiro atoms. The molecule has 0 atom stereocenters. The van der Waals surface area contributed by atoms with Crippen LogP contribution in [-0.2, 0) is 0 Å². The Morgan fingerprint density at radius 2 is 2.21 bits per heavy atom. The molecule has 1 aliphatic carbocycles. The van der Waals surface area contributed by atoms with Crippen LogP contribution in [0.4, 0.5) is 5.82 Å². The minimum absolute atomic E-state index is 0.0655. The fraction of sp³-hybridized carbons (Fsp3) is 0.600. The molecule has 1 fully saturated rings. The Kier molecular flexibility index (Phi) is 2.63. The van der Waals surface area contributed by atoms with Crippen molar-refractivity contribution in [2.45, 2.75) is 31.2 Å². The number of nitrogens with zero attached hydrogens (tertiary/aromatic N) is 2. The topological polar surface area (TPSA) is 63.8 Å². The van der Waals surface area contributed by atoms with Crippen molar-refractivity contribution < 1.29 is 0 Å². The van der Waals surface area contributed by atoms with Crippen molar-refractivity contribution in [1.29, 1.82) is 0 Å². The van der Waals surface area contributed by atoms with Crippen LogP contribution in [0, 0.1) is 0 Å². The van der Waals surface area contributed by atoms with Crippen LogP contribution in [0.15, 0.2) is 18.3 Å². The van der Waals surface area contributed by atoms with Crippen molar-refractivity contribution in [3.8, 4) is 0 Å². The molecule has 0 amide bonds. The fourth-order valence-corrected chi connectivity index (χ4v) is 2.07. The largest absolute Gasteiger partial charge is 0.362 e. The van der Waals surface area contributed by atoms with Crippen LogP contribution in [0.3, 0.4) is 0 Å². The lowest BCUT2D eigenvalue weighted by molar-refractivity contribution is 0.490. The summed E-state index contributed by atoms with van der Waals surface area (Å²) in [4.78, 5) is 0. The lowest BCUT2D eigenvalue weighted by Gasteiger charge is -2.28. The van der Waals surface area contributed by atoms with Gasteiger partial charge in [-0.15, -0.1) is 5.10 Å². The van der Waals surface area contributed by atoms with Crippen molar-refractivity contribution in [2.75, 3.05) is 11.9 Å². The molecule has 0 bridgehead atoms. The maximum atomic E-state index is 5.81. The maximum absolute atomic E-state index is 5.81. The smallest absolute Gasteiger partial charge is 0.149 e. The molecule has 14 heavy (non-hydrogen) atoms. The maximum Gasteiger partial charge on any atom is 0.149 e. The van der Waals surface area contributed by atoms with Gasteiger partial charge in [-0.1, -0.05) is 12.8 Å².